The molecule has 29 heavy (non-hydrogen) atoms. The number of ether oxygens (including phenoxy) is 3. The van der Waals surface area contributed by atoms with Gasteiger partial charge in [-0.05, 0) is 49.1 Å². The third-order valence-electron chi connectivity index (χ3n) is 4.73. The highest BCUT2D eigenvalue weighted by Crippen LogP contribution is 2.37. The second-order valence-corrected chi connectivity index (χ2v) is 7.09. The van der Waals surface area contributed by atoms with Gasteiger partial charge in [0.25, 0.3) is 0 Å². The van der Waals surface area contributed by atoms with E-state index in [1.807, 2.05) is 56.6 Å². The van der Waals surface area contributed by atoms with Crippen LogP contribution in [0, 0.1) is 0 Å². The summed E-state index contributed by atoms with van der Waals surface area (Å²) >= 11 is 0. The van der Waals surface area contributed by atoms with Crippen molar-refractivity contribution in [2.24, 2.45) is 0 Å². The van der Waals surface area contributed by atoms with Crippen LogP contribution in [0.3, 0.4) is 0 Å². The fourth-order valence-electron chi connectivity index (χ4n) is 3.19. The first-order valence-corrected chi connectivity index (χ1v) is 9.55. The molecule has 0 N–H and O–H groups in total. The predicted molar refractivity (Wildman–Crippen MR) is 116 cm³/mol. The van der Waals surface area contributed by atoms with E-state index in [0.717, 1.165) is 34.3 Å². The molecule has 0 radical (unpaired) electrons. The van der Waals surface area contributed by atoms with E-state index in [-0.39, 0.29) is 0 Å². The molecular weight excluding hydrogens is 364 g/mol. The Morgan fingerprint density at radius 1 is 0.862 bits per heavy atom. The van der Waals surface area contributed by atoms with E-state index in [4.69, 9.17) is 14.2 Å². The summed E-state index contributed by atoms with van der Waals surface area (Å²) in [5, 5.41) is 3.19. The number of benzene rings is 3. The van der Waals surface area contributed by atoms with Gasteiger partial charge < -0.3 is 19.1 Å². The lowest BCUT2D eigenvalue weighted by molar-refractivity contribution is 0.251. The summed E-state index contributed by atoms with van der Waals surface area (Å²) in [4.78, 5) is 6.56. The molecule has 0 unspecified atom stereocenters. The molecular formula is C24H24N2O3. The van der Waals surface area contributed by atoms with Crippen LogP contribution in [0.2, 0.25) is 0 Å². The summed E-state index contributed by atoms with van der Waals surface area (Å²) in [7, 11) is 5.66. The molecule has 0 saturated heterocycles. The number of fused-ring (bicyclic) bond motifs is 2. The molecule has 0 amide bonds. The molecule has 0 spiro atoms. The fourth-order valence-corrected chi connectivity index (χ4v) is 3.19. The predicted octanol–water partition coefficient (Wildman–Crippen LogP) is 5.13. The van der Waals surface area contributed by atoms with Crippen LogP contribution in [0.15, 0.2) is 66.9 Å². The van der Waals surface area contributed by atoms with Crippen LogP contribution in [0.1, 0.15) is 0 Å². The van der Waals surface area contributed by atoms with Crippen LogP contribution in [-0.2, 0) is 0 Å². The van der Waals surface area contributed by atoms with E-state index in [1.54, 1.807) is 13.3 Å². The van der Waals surface area contributed by atoms with Crippen LogP contribution >= 0.6 is 0 Å². The molecule has 3 aromatic carbocycles. The first-order chi connectivity index (χ1) is 14.1. The number of pyridine rings is 1. The summed E-state index contributed by atoms with van der Waals surface area (Å²) in [5.41, 5.74) is 0.795. The first-order valence-electron chi connectivity index (χ1n) is 9.55. The van der Waals surface area contributed by atoms with Crippen molar-refractivity contribution in [3.8, 4) is 23.0 Å². The summed E-state index contributed by atoms with van der Waals surface area (Å²) in [5.74, 6) is 2.84. The number of hydrogen-bond donors (Lipinski definition) is 0. The van der Waals surface area contributed by atoms with Crippen molar-refractivity contribution in [2.45, 2.75) is 0 Å². The van der Waals surface area contributed by atoms with Crippen molar-refractivity contribution >= 4 is 21.7 Å². The SMILES string of the molecule is COc1cc2c(Oc3ccc4ccccc4c3)ccnc2cc1OCCN(C)C. The van der Waals surface area contributed by atoms with Gasteiger partial charge >= 0.3 is 0 Å². The third-order valence-corrected chi connectivity index (χ3v) is 4.73. The minimum atomic E-state index is 0.572. The summed E-state index contributed by atoms with van der Waals surface area (Å²) < 4.78 is 17.7. The highest BCUT2D eigenvalue weighted by atomic mass is 16.5. The number of likely N-dealkylation sites (N-methyl/N-ethyl adjacent to an activating group) is 1. The molecule has 0 atom stereocenters. The minimum Gasteiger partial charge on any atom is -0.493 e. The average molecular weight is 388 g/mol. The standard InChI is InChI=1S/C24H24N2O3/c1-26(2)12-13-28-24-16-21-20(15-23(24)27-3)22(10-11-25-21)29-19-9-8-17-6-4-5-7-18(17)14-19/h4-11,14-16H,12-13H2,1-3H3. The molecule has 4 rings (SSSR count). The second-order valence-electron chi connectivity index (χ2n) is 7.09. The summed E-state index contributed by atoms with van der Waals surface area (Å²) in [6.45, 7) is 1.39. The smallest absolute Gasteiger partial charge is 0.163 e. The van der Waals surface area contributed by atoms with E-state index >= 15 is 0 Å². The quantitative estimate of drug-likeness (QED) is 0.439. The fraction of sp³-hybridized carbons (Fsp3) is 0.208. The van der Waals surface area contributed by atoms with Gasteiger partial charge in [-0.2, -0.15) is 0 Å². The Balaban J connectivity index is 1.67. The van der Waals surface area contributed by atoms with Crippen molar-refractivity contribution in [3.63, 3.8) is 0 Å². The molecule has 0 aliphatic heterocycles. The molecule has 1 aromatic heterocycles. The highest BCUT2D eigenvalue weighted by Gasteiger charge is 2.12. The van der Waals surface area contributed by atoms with E-state index in [1.165, 1.54) is 5.39 Å². The van der Waals surface area contributed by atoms with Crippen molar-refractivity contribution in [1.29, 1.82) is 0 Å². The maximum atomic E-state index is 6.21. The zero-order valence-corrected chi connectivity index (χ0v) is 16.9. The van der Waals surface area contributed by atoms with E-state index in [2.05, 4.69) is 28.1 Å². The Labute approximate surface area is 170 Å². The van der Waals surface area contributed by atoms with Gasteiger partial charge in [-0.1, -0.05) is 30.3 Å². The maximum absolute atomic E-state index is 6.21. The number of nitrogens with zero attached hydrogens (tertiary/aromatic N) is 2. The number of methoxy groups -OCH3 is 1. The zero-order chi connectivity index (χ0) is 20.2. The minimum absolute atomic E-state index is 0.572. The molecule has 0 fully saturated rings. The molecule has 5 heteroatoms. The molecule has 0 aliphatic rings. The van der Waals surface area contributed by atoms with E-state index < -0.39 is 0 Å². The molecule has 0 bridgehead atoms. The van der Waals surface area contributed by atoms with Gasteiger partial charge in [0, 0.05) is 24.2 Å². The van der Waals surface area contributed by atoms with Crippen molar-refractivity contribution < 1.29 is 14.2 Å². The van der Waals surface area contributed by atoms with Crippen molar-refractivity contribution in [2.75, 3.05) is 34.4 Å². The highest BCUT2D eigenvalue weighted by molar-refractivity contribution is 5.89. The topological polar surface area (TPSA) is 43.8 Å². The number of aromatic nitrogens is 1. The maximum Gasteiger partial charge on any atom is 0.163 e. The normalized spacial score (nSPS) is 11.2. The Morgan fingerprint density at radius 2 is 1.69 bits per heavy atom. The third kappa shape index (κ3) is 4.25. The van der Waals surface area contributed by atoms with Gasteiger partial charge in [0.15, 0.2) is 11.5 Å². The Bertz CT molecular complexity index is 1140. The monoisotopic (exact) mass is 388 g/mol. The molecule has 4 aromatic rings. The van der Waals surface area contributed by atoms with Gasteiger partial charge in [0.1, 0.15) is 18.1 Å². The molecule has 1 heterocycles. The van der Waals surface area contributed by atoms with Crippen LogP contribution in [0.25, 0.3) is 21.7 Å². The first kappa shape index (κ1) is 19.0. The van der Waals surface area contributed by atoms with Crippen molar-refractivity contribution in [3.05, 3.63) is 66.9 Å². The van der Waals surface area contributed by atoms with Gasteiger partial charge in [-0.3, -0.25) is 4.98 Å². The lowest BCUT2D eigenvalue weighted by Crippen LogP contribution is -2.19. The Kier molecular flexibility index (Phi) is 5.49. The largest absolute Gasteiger partial charge is 0.493 e. The van der Waals surface area contributed by atoms with Crippen LogP contribution in [0.4, 0.5) is 0 Å². The average Bonchev–Trinajstić information content (AvgIpc) is 2.73. The Hall–Kier alpha value is -3.31. The summed E-state index contributed by atoms with van der Waals surface area (Å²) in [6.07, 6.45) is 1.74. The van der Waals surface area contributed by atoms with Crippen LogP contribution in [0.5, 0.6) is 23.0 Å². The second kappa shape index (κ2) is 8.37. The van der Waals surface area contributed by atoms with Gasteiger partial charge in [0.05, 0.1) is 12.6 Å². The number of rotatable bonds is 7. The lowest BCUT2D eigenvalue weighted by Gasteiger charge is -2.15. The van der Waals surface area contributed by atoms with Crippen molar-refractivity contribution in [1.82, 2.24) is 9.88 Å². The molecule has 0 aliphatic carbocycles. The zero-order valence-electron chi connectivity index (χ0n) is 16.9. The molecule has 0 saturated carbocycles. The van der Waals surface area contributed by atoms with Gasteiger partial charge in [0.2, 0.25) is 0 Å². The Morgan fingerprint density at radius 3 is 2.48 bits per heavy atom. The van der Waals surface area contributed by atoms with E-state index in [0.29, 0.717) is 18.1 Å². The number of hydrogen-bond acceptors (Lipinski definition) is 5. The summed E-state index contributed by atoms with van der Waals surface area (Å²) in [6, 6.07) is 20.0. The van der Waals surface area contributed by atoms with Crippen LogP contribution < -0.4 is 14.2 Å². The lowest BCUT2D eigenvalue weighted by atomic mass is 10.1. The van der Waals surface area contributed by atoms with E-state index in [9.17, 15) is 0 Å². The molecule has 148 valence electrons. The van der Waals surface area contributed by atoms with Gasteiger partial charge in [-0.25, -0.2) is 0 Å². The molecule has 5 nitrogen and oxygen atoms in total. The van der Waals surface area contributed by atoms with Crippen LogP contribution in [-0.4, -0.2) is 44.2 Å². The van der Waals surface area contributed by atoms with Gasteiger partial charge in [-0.15, -0.1) is 0 Å².